The summed E-state index contributed by atoms with van der Waals surface area (Å²) in [6, 6.07) is 36.1. The number of hydrogen-bond donors (Lipinski definition) is 4. The standard InChI is InChI=1S/C52H50Cl2N8O4/c1-33-22-35-12-14-39(33)26-40-15-13-36(23-34(40)2)30-56-60-52(66)46-28-44(54)17-19-48(46)58-50(64)42-11-6-9-38(25-42)32-62(4)21-7-20-61(3)31-37-8-5-10-41(24-37)49(63)57-47-18-16-43(53)27-45(47)51(65)59-55-29-35/h5-6,8-19,22-25,27-30H,7,20-21,26,31-32H2,1-4H3,(H,57,63)(H,58,64)(H,59,65)(H,60,66)/b55-29+,56-30+. The van der Waals surface area contributed by atoms with Gasteiger partial charge in [0, 0.05) is 34.3 Å². The second-order valence-corrected chi connectivity index (χ2v) is 17.3. The highest BCUT2D eigenvalue weighted by Gasteiger charge is 2.18. The Bertz CT molecular complexity index is 2670. The molecule has 8 bridgehead atoms. The van der Waals surface area contributed by atoms with Gasteiger partial charge in [-0.05, 0) is 159 Å². The molecule has 6 aromatic rings. The molecule has 0 atom stereocenters. The number of halogens is 2. The summed E-state index contributed by atoms with van der Waals surface area (Å²) >= 11 is 12.6. The van der Waals surface area contributed by atoms with E-state index in [2.05, 4.69) is 41.5 Å². The highest BCUT2D eigenvalue weighted by molar-refractivity contribution is 6.31. The summed E-state index contributed by atoms with van der Waals surface area (Å²) < 4.78 is 0. The number of hydrazone groups is 2. The number of anilines is 2. The van der Waals surface area contributed by atoms with E-state index in [0.717, 1.165) is 64.0 Å². The molecule has 4 N–H and O–H groups in total. The average molecular weight is 922 g/mol. The SMILES string of the molecule is Cc1cc2ccc1Cc1ccc(cc1C)/C=N/NC(=O)c1cc(Cl)ccc1NC(=O)c1cccc(c1)CN(C)CCCN(C)Cc1cccc(c1)C(=O)Nc1ccc(Cl)cc1C(=O)N/N=C/2. The molecule has 0 radical (unpaired) electrons. The highest BCUT2D eigenvalue weighted by Crippen LogP contribution is 2.25. The van der Waals surface area contributed by atoms with E-state index in [1.165, 1.54) is 12.1 Å². The number of amides is 4. The molecule has 66 heavy (non-hydrogen) atoms. The van der Waals surface area contributed by atoms with Crippen molar-refractivity contribution in [2.45, 2.75) is 39.8 Å². The molecule has 0 saturated carbocycles. The zero-order valence-electron chi connectivity index (χ0n) is 37.1. The molecule has 3 heterocycles. The lowest BCUT2D eigenvalue weighted by molar-refractivity contribution is 0.0947. The van der Waals surface area contributed by atoms with Crippen LogP contribution < -0.4 is 21.5 Å². The minimum atomic E-state index is -0.532. The first-order chi connectivity index (χ1) is 31.8. The molecule has 9 rings (SSSR count). The van der Waals surface area contributed by atoms with Gasteiger partial charge in [-0.25, -0.2) is 10.9 Å². The molecular weight excluding hydrogens is 872 g/mol. The molecule has 3 aliphatic rings. The lowest BCUT2D eigenvalue weighted by atomic mass is 9.95. The van der Waals surface area contributed by atoms with Crippen LogP contribution in [0.15, 0.2) is 132 Å². The Hall–Kier alpha value is -6.96. The van der Waals surface area contributed by atoms with Crippen LogP contribution in [0.3, 0.4) is 0 Å². The summed E-state index contributed by atoms with van der Waals surface area (Å²) in [7, 11) is 4.07. The van der Waals surface area contributed by atoms with E-state index in [1.807, 2.05) is 101 Å². The number of rotatable bonds is 0. The maximum Gasteiger partial charge on any atom is 0.273 e. The van der Waals surface area contributed by atoms with Crippen LogP contribution in [-0.2, 0) is 19.5 Å². The summed E-state index contributed by atoms with van der Waals surface area (Å²) in [5.74, 6) is -1.80. The Balaban J connectivity index is 1.12. The van der Waals surface area contributed by atoms with Crippen molar-refractivity contribution in [1.29, 1.82) is 0 Å². The summed E-state index contributed by atoms with van der Waals surface area (Å²) in [6.07, 6.45) is 4.68. The van der Waals surface area contributed by atoms with Gasteiger partial charge in [-0.3, -0.25) is 19.2 Å². The van der Waals surface area contributed by atoms with Gasteiger partial charge >= 0.3 is 0 Å². The average Bonchev–Trinajstić information content (AvgIpc) is 3.29. The number of aryl methyl sites for hydroxylation is 2. The normalized spacial score (nSPS) is 16.1. The second kappa shape index (κ2) is 21.8. The van der Waals surface area contributed by atoms with Crippen molar-refractivity contribution in [3.8, 4) is 0 Å². The van der Waals surface area contributed by atoms with Crippen LogP contribution in [0.5, 0.6) is 0 Å². The predicted molar refractivity (Wildman–Crippen MR) is 264 cm³/mol. The van der Waals surface area contributed by atoms with E-state index >= 15 is 0 Å². The zero-order valence-corrected chi connectivity index (χ0v) is 38.6. The Morgan fingerprint density at radius 3 is 1.38 bits per heavy atom. The van der Waals surface area contributed by atoms with Gasteiger partial charge in [0.05, 0.1) is 34.9 Å². The minimum absolute atomic E-state index is 0.168. The molecule has 3 aliphatic heterocycles. The highest BCUT2D eigenvalue weighted by atomic mass is 35.5. The van der Waals surface area contributed by atoms with Crippen molar-refractivity contribution < 1.29 is 19.2 Å². The van der Waals surface area contributed by atoms with Gasteiger partial charge in [-0.2, -0.15) is 10.2 Å². The Morgan fingerprint density at radius 2 is 0.955 bits per heavy atom. The lowest BCUT2D eigenvalue weighted by Crippen LogP contribution is -2.25. The first-order valence-electron chi connectivity index (χ1n) is 21.4. The molecule has 6 aromatic carbocycles. The van der Waals surface area contributed by atoms with Gasteiger partial charge in [0.15, 0.2) is 0 Å². The van der Waals surface area contributed by atoms with Crippen LogP contribution in [0, 0.1) is 13.8 Å². The van der Waals surface area contributed by atoms with Crippen LogP contribution in [0.4, 0.5) is 11.4 Å². The van der Waals surface area contributed by atoms with Gasteiger partial charge in [-0.1, -0.05) is 83.9 Å². The van der Waals surface area contributed by atoms with Gasteiger partial charge in [-0.15, -0.1) is 0 Å². The molecule has 0 unspecified atom stereocenters. The van der Waals surface area contributed by atoms with Crippen LogP contribution in [0.25, 0.3) is 0 Å². The minimum Gasteiger partial charge on any atom is -0.321 e. The third-order valence-electron chi connectivity index (χ3n) is 11.2. The molecule has 0 aromatic heterocycles. The van der Waals surface area contributed by atoms with Gasteiger partial charge in [0.1, 0.15) is 0 Å². The topological polar surface area (TPSA) is 148 Å². The van der Waals surface area contributed by atoms with Crippen LogP contribution in [-0.4, -0.2) is 73.0 Å². The van der Waals surface area contributed by atoms with Crippen molar-refractivity contribution in [2.24, 2.45) is 10.2 Å². The van der Waals surface area contributed by atoms with Gasteiger partial charge in [0.25, 0.3) is 23.6 Å². The summed E-state index contributed by atoms with van der Waals surface area (Å²) in [5, 5.41) is 14.9. The van der Waals surface area contributed by atoms with E-state index < -0.39 is 11.8 Å². The molecule has 0 saturated heterocycles. The zero-order chi connectivity index (χ0) is 46.7. The largest absolute Gasteiger partial charge is 0.321 e. The molecule has 4 amide bonds. The molecule has 14 heteroatoms. The third-order valence-corrected chi connectivity index (χ3v) is 11.7. The second-order valence-electron chi connectivity index (χ2n) is 16.5. The molecule has 0 fully saturated rings. The maximum absolute atomic E-state index is 13.6. The first kappa shape index (κ1) is 47.0. The first-order valence-corrected chi connectivity index (χ1v) is 22.2. The molecule has 12 nitrogen and oxygen atoms in total. The quantitative estimate of drug-likeness (QED) is 0.119. The molecule has 0 aliphatic carbocycles. The van der Waals surface area contributed by atoms with E-state index in [9.17, 15) is 19.2 Å². The number of hydrogen-bond acceptors (Lipinski definition) is 8. The number of carbonyl (C=O) groups is 4. The van der Waals surface area contributed by atoms with Crippen LogP contribution in [0.2, 0.25) is 10.0 Å². The van der Waals surface area contributed by atoms with E-state index in [1.54, 1.807) is 48.8 Å². The van der Waals surface area contributed by atoms with Crippen molar-refractivity contribution in [3.63, 3.8) is 0 Å². The molecule has 0 spiro atoms. The monoisotopic (exact) mass is 920 g/mol. The summed E-state index contributed by atoms with van der Waals surface area (Å²) in [6.45, 7) is 6.88. The Kier molecular flexibility index (Phi) is 15.5. The lowest BCUT2D eigenvalue weighted by Gasteiger charge is -2.21. The third kappa shape index (κ3) is 12.6. The van der Waals surface area contributed by atoms with Crippen LogP contribution >= 0.6 is 23.2 Å². The van der Waals surface area contributed by atoms with Crippen molar-refractivity contribution >= 4 is 70.6 Å². The smallest absolute Gasteiger partial charge is 0.273 e. The summed E-state index contributed by atoms with van der Waals surface area (Å²) in [4.78, 5) is 58.3. The Labute approximate surface area is 394 Å². The predicted octanol–water partition coefficient (Wildman–Crippen LogP) is 9.50. The van der Waals surface area contributed by atoms with E-state index in [4.69, 9.17) is 23.2 Å². The van der Waals surface area contributed by atoms with Gasteiger partial charge in [0.2, 0.25) is 0 Å². The number of carbonyl (C=O) groups excluding carboxylic acids is 4. The van der Waals surface area contributed by atoms with E-state index in [0.29, 0.717) is 52.1 Å². The van der Waals surface area contributed by atoms with E-state index in [-0.39, 0.29) is 22.9 Å². The number of benzene rings is 6. The summed E-state index contributed by atoms with van der Waals surface area (Å²) in [5.41, 5.74) is 14.8. The molecule has 336 valence electrons. The fraction of sp³-hybridized carbons (Fsp3) is 0.192. The fourth-order valence-electron chi connectivity index (χ4n) is 7.68. The van der Waals surface area contributed by atoms with Crippen LogP contribution in [0.1, 0.15) is 92.4 Å². The van der Waals surface area contributed by atoms with Crippen molar-refractivity contribution in [2.75, 3.05) is 37.8 Å². The number of nitrogens with one attached hydrogen (secondary N) is 4. The van der Waals surface area contributed by atoms with Gasteiger partial charge < -0.3 is 20.4 Å². The molecular formula is C52H50Cl2N8O4. The number of nitrogens with zero attached hydrogens (tertiary/aromatic N) is 4. The fourth-order valence-corrected chi connectivity index (χ4v) is 8.03. The number of fused-ring (bicyclic) bond motifs is 2. The van der Waals surface area contributed by atoms with Crippen molar-refractivity contribution in [3.05, 3.63) is 198 Å². The van der Waals surface area contributed by atoms with Crippen molar-refractivity contribution in [1.82, 2.24) is 20.7 Å². The Morgan fingerprint density at radius 1 is 0.515 bits per heavy atom. The maximum atomic E-state index is 13.6.